The minimum absolute atomic E-state index is 0.0301. The van der Waals surface area contributed by atoms with Gasteiger partial charge in [0.15, 0.2) is 6.61 Å². The second-order valence-electron chi connectivity index (χ2n) is 5.28. The van der Waals surface area contributed by atoms with Crippen LogP contribution >= 0.6 is 0 Å². The summed E-state index contributed by atoms with van der Waals surface area (Å²) in [6.45, 7) is 6.02. The zero-order valence-corrected chi connectivity index (χ0v) is 12.7. The molecule has 0 heterocycles. The molecule has 4 nitrogen and oxygen atoms in total. The number of hydrogen-bond acceptors (Lipinski definition) is 3. The van der Waals surface area contributed by atoms with Crippen LogP contribution in [-0.2, 0) is 11.3 Å². The van der Waals surface area contributed by atoms with Crippen molar-refractivity contribution in [2.24, 2.45) is 0 Å². The van der Waals surface area contributed by atoms with Gasteiger partial charge in [0.2, 0.25) is 0 Å². The lowest BCUT2D eigenvalue weighted by Gasteiger charge is -2.20. The van der Waals surface area contributed by atoms with Gasteiger partial charge in [0, 0.05) is 25.2 Å². The van der Waals surface area contributed by atoms with Crippen LogP contribution in [0.25, 0.3) is 0 Å². The number of halogens is 1. The molecule has 116 valence electrons. The third-order valence-corrected chi connectivity index (χ3v) is 3.52. The molecular formula is C16H23FN2O2. The minimum Gasteiger partial charge on any atom is -0.484 e. The van der Waals surface area contributed by atoms with Crippen LogP contribution < -0.4 is 10.1 Å². The van der Waals surface area contributed by atoms with E-state index in [0.29, 0.717) is 24.9 Å². The van der Waals surface area contributed by atoms with E-state index in [0.717, 1.165) is 24.9 Å². The summed E-state index contributed by atoms with van der Waals surface area (Å²) in [7, 11) is 0. The Morgan fingerprint density at radius 3 is 2.76 bits per heavy atom. The summed E-state index contributed by atoms with van der Waals surface area (Å²) in [5, 5.41) is 3.14. The second kappa shape index (κ2) is 7.41. The number of carbonyl (C=O) groups excluding carboxylic acids is 1. The van der Waals surface area contributed by atoms with Crippen LogP contribution in [0.5, 0.6) is 5.75 Å². The summed E-state index contributed by atoms with van der Waals surface area (Å²) in [6.07, 6.45) is 2.15. The largest absolute Gasteiger partial charge is 0.484 e. The number of ether oxygens (including phenoxy) is 1. The Balaban J connectivity index is 1.92. The predicted octanol–water partition coefficient (Wildman–Crippen LogP) is 2.32. The Morgan fingerprint density at radius 2 is 2.14 bits per heavy atom. The summed E-state index contributed by atoms with van der Waals surface area (Å²) < 4.78 is 19.0. The quantitative estimate of drug-likeness (QED) is 0.800. The molecule has 0 aromatic heterocycles. The van der Waals surface area contributed by atoms with Crippen LogP contribution in [0.2, 0.25) is 0 Å². The Kier molecular flexibility index (Phi) is 5.56. The normalized spacial score (nSPS) is 14.0. The smallest absolute Gasteiger partial charge is 0.260 e. The molecule has 1 amide bonds. The summed E-state index contributed by atoms with van der Waals surface area (Å²) in [6, 6.07) is 4.94. The molecule has 1 fully saturated rings. The van der Waals surface area contributed by atoms with Gasteiger partial charge in [-0.05, 0) is 44.0 Å². The molecule has 0 aliphatic heterocycles. The van der Waals surface area contributed by atoms with E-state index in [1.165, 1.54) is 12.1 Å². The van der Waals surface area contributed by atoms with Crippen LogP contribution in [0.4, 0.5) is 4.39 Å². The summed E-state index contributed by atoms with van der Waals surface area (Å²) in [5.41, 5.74) is 0.814. The Bertz CT molecular complexity index is 489. The van der Waals surface area contributed by atoms with Gasteiger partial charge in [0.05, 0.1) is 0 Å². The molecule has 21 heavy (non-hydrogen) atoms. The number of nitrogens with zero attached hydrogens (tertiary/aromatic N) is 1. The third kappa shape index (κ3) is 4.70. The zero-order chi connectivity index (χ0) is 15.2. The molecule has 1 aromatic carbocycles. The van der Waals surface area contributed by atoms with Crippen molar-refractivity contribution in [2.75, 3.05) is 19.7 Å². The fourth-order valence-electron chi connectivity index (χ4n) is 2.33. The van der Waals surface area contributed by atoms with Crippen LogP contribution in [0.1, 0.15) is 32.3 Å². The number of rotatable bonds is 8. The highest BCUT2D eigenvalue weighted by atomic mass is 19.1. The van der Waals surface area contributed by atoms with E-state index in [2.05, 4.69) is 5.32 Å². The maximum absolute atomic E-state index is 13.5. The van der Waals surface area contributed by atoms with Crippen molar-refractivity contribution >= 4 is 5.91 Å². The van der Waals surface area contributed by atoms with Crippen molar-refractivity contribution in [3.63, 3.8) is 0 Å². The molecule has 0 atom stereocenters. The average Bonchev–Trinajstić information content (AvgIpc) is 3.28. The predicted molar refractivity (Wildman–Crippen MR) is 79.7 cm³/mol. The highest BCUT2D eigenvalue weighted by molar-refractivity contribution is 5.78. The number of amides is 1. The van der Waals surface area contributed by atoms with Gasteiger partial charge >= 0.3 is 0 Å². The van der Waals surface area contributed by atoms with Gasteiger partial charge in [-0.3, -0.25) is 4.79 Å². The lowest BCUT2D eigenvalue weighted by molar-refractivity contribution is -0.133. The van der Waals surface area contributed by atoms with Crippen LogP contribution in [-0.4, -0.2) is 36.5 Å². The van der Waals surface area contributed by atoms with Gasteiger partial charge in [-0.25, -0.2) is 4.39 Å². The molecule has 0 unspecified atom stereocenters. The zero-order valence-electron chi connectivity index (χ0n) is 12.7. The lowest BCUT2D eigenvalue weighted by atomic mass is 10.2. The first-order valence-electron chi connectivity index (χ1n) is 7.56. The van der Waals surface area contributed by atoms with Gasteiger partial charge in [0.25, 0.3) is 5.91 Å². The summed E-state index contributed by atoms with van der Waals surface area (Å²) in [5.74, 6) is 0.0305. The topological polar surface area (TPSA) is 41.6 Å². The number of benzene rings is 1. The molecule has 1 N–H and O–H groups in total. The Morgan fingerprint density at radius 1 is 1.38 bits per heavy atom. The van der Waals surface area contributed by atoms with Crippen LogP contribution in [0.15, 0.2) is 18.2 Å². The maximum atomic E-state index is 13.5. The molecule has 0 saturated heterocycles. The van der Waals surface area contributed by atoms with Gasteiger partial charge < -0.3 is 15.0 Å². The van der Waals surface area contributed by atoms with E-state index < -0.39 is 0 Å². The molecule has 0 spiro atoms. The number of nitrogens with one attached hydrogen (secondary N) is 1. The number of carbonyl (C=O) groups is 1. The molecule has 1 aliphatic carbocycles. The fourth-order valence-corrected chi connectivity index (χ4v) is 2.33. The van der Waals surface area contributed by atoms with Crippen molar-refractivity contribution in [3.05, 3.63) is 29.6 Å². The molecule has 1 aliphatic rings. The molecule has 2 rings (SSSR count). The van der Waals surface area contributed by atoms with Crippen molar-refractivity contribution in [1.29, 1.82) is 0 Å². The Labute approximate surface area is 125 Å². The first kappa shape index (κ1) is 15.8. The molecule has 1 saturated carbocycles. The molecule has 1 aromatic rings. The molecular weight excluding hydrogens is 271 g/mol. The van der Waals surface area contributed by atoms with E-state index in [4.69, 9.17) is 4.74 Å². The first-order chi connectivity index (χ1) is 10.1. The van der Waals surface area contributed by atoms with Crippen LogP contribution in [0.3, 0.4) is 0 Å². The minimum atomic E-state index is -0.345. The fraction of sp³-hybridized carbons (Fsp3) is 0.562. The Hall–Kier alpha value is -1.62. The highest BCUT2D eigenvalue weighted by Crippen LogP contribution is 2.26. The van der Waals surface area contributed by atoms with Crippen molar-refractivity contribution in [2.45, 2.75) is 39.3 Å². The summed E-state index contributed by atoms with van der Waals surface area (Å²) >= 11 is 0. The number of likely N-dealkylation sites (N-methyl/N-ethyl adjacent to an activating group) is 1. The van der Waals surface area contributed by atoms with E-state index in [1.54, 1.807) is 6.07 Å². The lowest BCUT2D eigenvalue weighted by Crippen LogP contribution is -2.36. The van der Waals surface area contributed by atoms with Gasteiger partial charge in [0.1, 0.15) is 11.6 Å². The van der Waals surface area contributed by atoms with Crippen molar-refractivity contribution in [1.82, 2.24) is 10.2 Å². The van der Waals surface area contributed by atoms with Crippen LogP contribution in [0, 0.1) is 5.82 Å². The van der Waals surface area contributed by atoms with E-state index in [9.17, 15) is 9.18 Å². The van der Waals surface area contributed by atoms with Gasteiger partial charge in [-0.1, -0.05) is 6.92 Å². The van der Waals surface area contributed by atoms with Gasteiger partial charge in [-0.15, -0.1) is 0 Å². The SMILES string of the molecule is CCNCc1cc(F)cc(OCC(=O)N(CC)C2CC2)c1. The number of hydrogen-bond donors (Lipinski definition) is 1. The highest BCUT2D eigenvalue weighted by Gasteiger charge is 2.31. The van der Waals surface area contributed by atoms with Crippen molar-refractivity contribution in [3.8, 4) is 5.75 Å². The average molecular weight is 294 g/mol. The van der Waals surface area contributed by atoms with E-state index >= 15 is 0 Å². The third-order valence-electron chi connectivity index (χ3n) is 3.52. The standard InChI is InChI=1S/C16H23FN2O2/c1-3-18-10-12-7-13(17)9-15(8-12)21-11-16(20)19(4-2)14-5-6-14/h7-9,14,18H,3-6,10-11H2,1-2H3. The van der Waals surface area contributed by atoms with E-state index in [1.807, 2.05) is 18.7 Å². The van der Waals surface area contributed by atoms with Gasteiger partial charge in [-0.2, -0.15) is 0 Å². The second-order valence-corrected chi connectivity index (χ2v) is 5.28. The monoisotopic (exact) mass is 294 g/mol. The molecule has 0 radical (unpaired) electrons. The van der Waals surface area contributed by atoms with E-state index in [-0.39, 0.29) is 18.3 Å². The maximum Gasteiger partial charge on any atom is 0.260 e. The molecule has 5 heteroatoms. The molecule has 0 bridgehead atoms. The first-order valence-corrected chi connectivity index (χ1v) is 7.56. The van der Waals surface area contributed by atoms with Crippen molar-refractivity contribution < 1.29 is 13.9 Å². The summed E-state index contributed by atoms with van der Waals surface area (Å²) in [4.78, 5) is 13.9.